The fourth-order valence-corrected chi connectivity index (χ4v) is 3.55. The third-order valence-corrected chi connectivity index (χ3v) is 4.95. The van der Waals surface area contributed by atoms with Gasteiger partial charge in [0.05, 0.1) is 17.9 Å². The molecule has 0 saturated carbocycles. The summed E-state index contributed by atoms with van der Waals surface area (Å²) in [4.78, 5) is 47.9. The van der Waals surface area contributed by atoms with Crippen LogP contribution in [0.5, 0.6) is 0 Å². The summed E-state index contributed by atoms with van der Waals surface area (Å²) in [5, 5.41) is 6.72. The summed E-state index contributed by atoms with van der Waals surface area (Å²) in [5.74, 6) is -0.188. The number of hydrogen-bond acceptors (Lipinski definition) is 6. The molecule has 1 fully saturated rings. The van der Waals surface area contributed by atoms with Crippen molar-refractivity contribution in [3.63, 3.8) is 0 Å². The molecule has 2 bridgehead atoms. The summed E-state index contributed by atoms with van der Waals surface area (Å²) in [6, 6.07) is -1.37. The van der Waals surface area contributed by atoms with E-state index in [4.69, 9.17) is 10.6 Å². The number of amidine groups is 1. The minimum atomic E-state index is -0.644. The van der Waals surface area contributed by atoms with E-state index in [9.17, 15) is 14.4 Å². The first-order chi connectivity index (χ1) is 13.3. The Morgan fingerprint density at radius 1 is 1.43 bits per heavy atom. The van der Waals surface area contributed by atoms with Crippen LogP contribution in [0.3, 0.4) is 0 Å². The van der Waals surface area contributed by atoms with Gasteiger partial charge in [0.2, 0.25) is 0 Å². The van der Waals surface area contributed by atoms with Gasteiger partial charge in [-0.15, -0.1) is 0 Å². The van der Waals surface area contributed by atoms with E-state index in [0.717, 1.165) is 11.3 Å². The first-order valence-electron chi connectivity index (χ1n) is 8.86. The Morgan fingerprint density at radius 3 is 2.86 bits per heavy atom. The molecule has 1 saturated heterocycles. The molecule has 3 heterocycles. The first-order valence-corrected chi connectivity index (χ1v) is 8.86. The lowest BCUT2D eigenvalue weighted by molar-refractivity contribution is -0.148. The molecule has 0 aliphatic carbocycles. The lowest BCUT2D eigenvalue weighted by Gasteiger charge is -2.32. The number of aliphatic imine (C=N–C) groups is 1. The summed E-state index contributed by atoms with van der Waals surface area (Å²) >= 11 is 0. The highest BCUT2D eigenvalue weighted by Crippen LogP contribution is 2.42. The average Bonchev–Trinajstić information content (AvgIpc) is 3.16. The Morgan fingerprint density at radius 2 is 2.18 bits per heavy atom. The maximum absolute atomic E-state index is 12.6. The highest BCUT2D eigenvalue weighted by atomic mass is 16.7. The van der Waals surface area contributed by atoms with Crippen molar-refractivity contribution in [1.29, 1.82) is 0 Å². The number of primary amides is 1. The van der Waals surface area contributed by atoms with E-state index in [2.05, 4.69) is 20.9 Å². The third kappa shape index (κ3) is 3.44. The number of nitrogens with zero attached hydrogens (tertiary/aromatic N) is 5. The van der Waals surface area contributed by atoms with Gasteiger partial charge in [-0.3, -0.25) is 9.67 Å². The zero-order chi connectivity index (χ0) is 20.4. The molecule has 2 aliphatic heterocycles. The Kier molecular flexibility index (Phi) is 5.38. The van der Waals surface area contributed by atoms with Crippen molar-refractivity contribution < 1.29 is 19.2 Å². The predicted molar refractivity (Wildman–Crippen MR) is 98.0 cm³/mol. The number of hydrogen-bond donors (Lipinski definition) is 3. The third-order valence-electron chi connectivity index (χ3n) is 4.95. The minimum absolute atomic E-state index is 0.0640. The van der Waals surface area contributed by atoms with E-state index in [-0.39, 0.29) is 25.0 Å². The van der Waals surface area contributed by atoms with Gasteiger partial charge in [0.1, 0.15) is 6.04 Å². The summed E-state index contributed by atoms with van der Waals surface area (Å²) in [5.41, 5.74) is 9.33. The van der Waals surface area contributed by atoms with Crippen molar-refractivity contribution in [2.75, 3.05) is 27.2 Å². The molecule has 1 aromatic rings. The smallest absolute Gasteiger partial charge is 0.332 e. The molecule has 12 heteroatoms. The van der Waals surface area contributed by atoms with Crippen LogP contribution in [0.25, 0.3) is 0 Å². The summed E-state index contributed by atoms with van der Waals surface area (Å²) in [6.45, 7) is 0.780. The van der Waals surface area contributed by atoms with Gasteiger partial charge in [-0.25, -0.2) is 19.9 Å². The standard InChI is InChI=1S/C16H24N8O4/c1-18-14(21-28-11(25)5-4-6-19-15(17)26)13-12-9(7-20-23(12)3)10-8-24(13)16(27)22(10)2/h7,10,13H,4-6,8H2,1-3H3,(H,18,21)(H3,17,19,26)/t10-,13-/m0/s1. The van der Waals surface area contributed by atoms with Crippen molar-refractivity contribution in [1.82, 2.24) is 30.4 Å². The number of rotatable bonds is 5. The zero-order valence-corrected chi connectivity index (χ0v) is 16.0. The fourth-order valence-electron chi connectivity index (χ4n) is 3.55. The summed E-state index contributed by atoms with van der Waals surface area (Å²) in [6.07, 6.45) is 2.22. The predicted octanol–water partition coefficient (Wildman–Crippen LogP) is -0.592. The maximum Gasteiger partial charge on any atom is 0.332 e. The summed E-state index contributed by atoms with van der Waals surface area (Å²) < 4.78 is 1.70. The largest absolute Gasteiger partial charge is 0.352 e. The van der Waals surface area contributed by atoms with Crippen molar-refractivity contribution in [3.05, 3.63) is 17.5 Å². The van der Waals surface area contributed by atoms with Gasteiger partial charge in [-0.1, -0.05) is 0 Å². The number of urea groups is 2. The number of fused-ring (bicyclic) bond motifs is 4. The molecule has 28 heavy (non-hydrogen) atoms. The second-order valence-corrected chi connectivity index (χ2v) is 6.65. The van der Waals surface area contributed by atoms with E-state index >= 15 is 0 Å². The van der Waals surface area contributed by atoms with Crippen molar-refractivity contribution in [2.24, 2.45) is 17.8 Å². The molecular weight excluding hydrogens is 368 g/mol. The van der Waals surface area contributed by atoms with Crippen LogP contribution < -0.4 is 16.5 Å². The van der Waals surface area contributed by atoms with Crippen LogP contribution in [0.2, 0.25) is 0 Å². The van der Waals surface area contributed by atoms with Crippen molar-refractivity contribution >= 4 is 23.9 Å². The molecular formula is C16H24N8O4. The molecule has 2 atom stereocenters. The van der Waals surface area contributed by atoms with E-state index in [0.29, 0.717) is 18.8 Å². The average molecular weight is 392 g/mol. The molecule has 0 aromatic carbocycles. The van der Waals surface area contributed by atoms with Gasteiger partial charge in [-0.2, -0.15) is 5.10 Å². The van der Waals surface area contributed by atoms with Crippen LogP contribution in [0.4, 0.5) is 9.59 Å². The second kappa shape index (κ2) is 7.74. The molecule has 4 N–H and O–H groups in total. The van der Waals surface area contributed by atoms with Gasteiger partial charge >= 0.3 is 18.0 Å². The molecule has 3 rings (SSSR count). The van der Waals surface area contributed by atoms with Crippen LogP contribution in [-0.4, -0.2) is 70.6 Å². The molecule has 152 valence electrons. The Balaban J connectivity index is 1.69. The molecule has 12 nitrogen and oxygen atoms in total. The normalized spacial score (nSPS) is 20.8. The summed E-state index contributed by atoms with van der Waals surface area (Å²) in [7, 11) is 5.11. The lowest BCUT2D eigenvalue weighted by Crippen LogP contribution is -2.45. The van der Waals surface area contributed by atoms with Crippen LogP contribution >= 0.6 is 0 Å². The van der Waals surface area contributed by atoms with Crippen LogP contribution in [0.15, 0.2) is 11.2 Å². The van der Waals surface area contributed by atoms with Crippen molar-refractivity contribution in [2.45, 2.75) is 24.9 Å². The van der Waals surface area contributed by atoms with Gasteiger partial charge in [0.25, 0.3) is 0 Å². The monoisotopic (exact) mass is 392 g/mol. The van der Waals surface area contributed by atoms with Gasteiger partial charge in [0.15, 0.2) is 5.84 Å². The second-order valence-electron chi connectivity index (χ2n) is 6.65. The molecule has 0 radical (unpaired) electrons. The topological polar surface area (TPSA) is 147 Å². The molecule has 2 aliphatic rings. The Bertz CT molecular complexity index is 820. The van der Waals surface area contributed by atoms with Crippen LogP contribution in [-0.2, 0) is 16.7 Å². The molecule has 1 aromatic heterocycles. The molecule has 0 spiro atoms. The van der Waals surface area contributed by atoms with Gasteiger partial charge in [0, 0.05) is 46.2 Å². The number of hydroxylamine groups is 1. The van der Waals surface area contributed by atoms with Crippen LogP contribution in [0.1, 0.15) is 36.2 Å². The van der Waals surface area contributed by atoms with Gasteiger partial charge < -0.3 is 25.7 Å². The minimum Gasteiger partial charge on any atom is -0.352 e. The first kappa shape index (κ1) is 19.5. The van der Waals surface area contributed by atoms with E-state index < -0.39 is 18.0 Å². The van der Waals surface area contributed by atoms with Crippen molar-refractivity contribution in [3.8, 4) is 0 Å². The quantitative estimate of drug-likeness (QED) is 0.264. The number of carbonyl (C=O) groups excluding carboxylic acids is 3. The molecule has 0 unspecified atom stereocenters. The SMILES string of the molecule is CN=C(NOC(=O)CCCNC(N)=O)[C@@H]1c2c(cnn2C)[C@@H]2CN1C(=O)N2C. The van der Waals surface area contributed by atoms with E-state index in [1.165, 1.54) is 0 Å². The Labute approximate surface area is 161 Å². The Hall–Kier alpha value is -3.31. The highest BCUT2D eigenvalue weighted by Gasteiger charge is 2.49. The number of aryl methyl sites for hydroxylation is 1. The highest BCUT2D eigenvalue weighted by molar-refractivity contribution is 5.94. The van der Waals surface area contributed by atoms with E-state index in [1.807, 2.05) is 0 Å². The number of amides is 4. The number of nitrogens with one attached hydrogen (secondary N) is 2. The maximum atomic E-state index is 12.6. The lowest BCUT2D eigenvalue weighted by atomic mass is 9.97. The number of nitrogens with two attached hydrogens (primary N) is 1. The molecule has 4 amide bonds. The number of likely N-dealkylation sites (N-methyl/N-ethyl adjacent to an activating group) is 1. The van der Waals surface area contributed by atoms with E-state index in [1.54, 1.807) is 41.8 Å². The fraction of sp³-hybridized carbons (Fsp3) is 0.562. The van der Waals surface area contributed by atoms with Crippen LogP contribution in [0, 0.1) is 0 Å². The van der Waals surface area contributed by atoms with Gasteiger partial charge in [-0.05, 0) is 6.42 Å². The zero-order valence-electron chi connectivity index (χ0n) is 16.0. The number of aromatic nitrogens is 2. The number of carbonyl (C=O) groups is 3.